The lowest BCUT2D eigenvalue weighted by Crippen LogP contribution is -2.38. The van der Waals surface area contributed by atoms with Gasteiger partial charge in [-0.25, -0.2) is 14.2 Å². The second-order valence-electron chi connectivity index (χ2n) is 9.03. The van der Waals surface area contributed by atoms with Gasteiger partial charge in [0.25, 0.3) is 0 Å². The SMILES string of the molecule is CC(C)O.COc1ccc(Br)c(-c2nnc(N(CCSI)S(=O)C(C)Cc3ncc(C)cn3)n2C(CO)CO)c1. The van der Waals surface area contributed by atoms with Crippen molar-refractivity contribution in [3.63, 3.8) is 0 Å². The summed E-state index contributed by atoms with van der Waals surface area (Å²) in [5, 5.41) is 36.7. The highest BCUT2D eigenvalue weighted by Gasteiger charge is 2.30. The molecule has 222 valence electrons. The minimum Gasteiger partial charge on any atom is -0.497 e. The van der Waals surface area contributed by atoms with Gasteiger partial charge in [0.1, 0.15) is 22.6 Å². The molecule has 0 bridgehead atoms. The highest BCUT2D eigenvalue weighted by Crippen LogP contribution is 2.35. The number of rotatable bonds is 13. The number of halogens is 2. The second-order valence-corrected chi connectivity index (χ2v) is 14.2. The molecule has 0 spiro atoms. The van der Waals surface area contributed by atoms with E-state index in [1.165, 1.54) is 0 Å². The summed E-state index contributed by atoms with van der Waals surface area (Å²) in [5.41, 5.74) is 1.62. The smallest absolute Gasteiger partial charge is 0.239 e. The Kier molecular flexibility index (Phi) is 15.3. The molecule has 0 saturated carbocycles. The van der Waals surface area contributed by atoms with E-state index in [0.717, 1.165) is 10.0 Å². The Hall–Kier alpha value is -1.37. The molecule has 15 heteroatoms. The van der Waals surface area contributed by atoms with E-state index in [-0.39, 0.29) is 24.6 Å². The van der Waals surface area contributed by atoms with Gasteiger partial charge in [-0.2, -0.15) is 0 Å². The lowest BCUT2D eigenvalue weighted by molar-refractivity contribution is 0.156. The van der Waals surface area contributed by atoms with Gasteiger partial charge >= 0.3 is 0 Å². The van der Waals surface area contributed by atoms with Gasteiger partial charge < -0.3 is 20.1 Å². The van der Waals surface area contributed by atoms with Gasteiger partial charge in [0.05, 0.1) is 31.6 Å². The first kappa shape index (κ1) is 34.8. The monoisotopic (exact) mass is 770 g/mol. The Morgan fingerprint density at radius 2 is 1.80 bits per heavy atom. The summed E-state index contributed by atoms with van der Waals surface area (Å²) in [6.45, 7) is 6.94. The van der Waals surface area contributed by atoms with Crippen molar-refractivity contribution in [2.75, 3.05) is 36.9 Å². The average molecular weight is 772 g/mol. The van der Waals surface area contributed by atoms with E-state index >= 15 is 0 Å². The van der Waals surface area contributed by atoms with Crippen LogP contribution < -0.4 is 9.04 Å². The number of hydrogen-bond acceptors (Lipinski definition) is 10. The molecule has 1 aromatic carbocycles. The first-order valence-electron chi connectivity index (χ1n) is 12.5. The predicted octanol–water partition coefficient (Wildman–Crippen LogP) is 3.91. The molecule has 0 aliphatic rings. The third kappa shape index (κ3) is 9.87. The van der Waals surface area contributed by atoms with E-state index in [1.54, 1.807) is 63.3 Å². The van der Waals surface area contributed by atoms with Crippen molar-refractivity contribution >= 4 is 63.0 Å². The van der Waals surface area contributed by atoms with Gasteiger partial charge in [0.15, 0.2) is 5.82 Å². The number of aliphatic hydroxyl groups is 3. The van der Waals surface area contributed by atoms with Crippen molar-refractivity contribution in [1.29, 1.82) is 0 Å². The minimum atomic E-state index is -1.53. The first-order chi connectivity index (χ1) is 19.1. The van der Waals surface area contributed by atoms with E-state index in [4.69, 9.17) is 9.84 Å². The number of nitrogens with zero attached hydrogens (tertiary/aromatic N) is 6. The Morgan fingerprint density at radius 1 is 1.18 bits per heavy atom. The third-order valence-electron chi connectivity index (χ3n) is 5.34. The van der Waals surface area contributed by atoms with Gasteiger partial charge in [0.2, 0.25) is 5.95 Å². The van der Waals surface area contributed by atoms with E-state index < -0.39 is 17.0 Å². The zero-order valence-electron chi connectivity index (χ0n) is 23.1. The fourth-order valence-corrected chi connectivity index (χ4v) is 6.12. The number of anilines is 1. The van der Waals surface area contributed by atoms with E-state index in [1.807, 2.05) is 19.9 Å². The molecule has 11 nitrogen and oxygen atoms in total. The highest BCUT2D eigenvalue weighted by molar-refractivity contribution is 14.2. The number of hydrogen-bond donors (Lipinski definition) is 3. The summed E-state index contributed by atoms with van der Waals surface area (Å²) in [6.07, 6.45) is 3.72. The van der Waals surface area contributed by atoms with Crippen LogP contribution in [0.2, 0.25) is 0 Å². The molecule has 2 aromatic heterocycles. The molecule has 0 aliphatic heterocycles. The van der Waals surface area contributed by atoms with Crippen molar-refractivity contribution < 1.29 is 24.3 Å². The second kappa shape index (κ2) is 17.6. The van der Waals surface area contributed by atoms with Crippen LogP contribution in [0.3, 0.4) is 0 Å². The topological polar surface area (TPSA) is 147 Å². The standard InChI is InChI=1S/C22H28BrIN6O4S2.C3H8O/c1-14-10-25-20(26-11-14)8-15(2)36(33)29(6-7-35-24)22-28-27-21(30(22)16(12-31)13-32)18-9-17(34-3)4-5-19(18)23;1-3(2)4/h4-5,9-11,15-16,31-32H,6-8,12-13H2,1-3H3;3-4H,1-2H3. The molecule has 2 unspecified atom stereocenters. The molecule has 40 heavy (non-hydrogen) atoms. The quantitative estimate of drug-likeness (QED) is 0.219. The zero-order chi connectivity index (χ0) is 29.8. The summed E-state index contributed by atoms with van der Waals surface area (Å²) < 4.78 is 23.2. The lowest BCUT2D eigenvalue weighted by Gasteiger charge is -2.28. The molecule has 0 radical (unpaired) electrons. The van der Waals surface area contributed by atoms with Crippen molar-refractivity contribution in [1.82, 2.24) is 24.7 Å². The lowest BCUT2D eigenvalue weighted by atomic mass is 10.2. The van der Waals surface area contributed by atoms with Crippen molar-refractivity contribution in [3.05, 3.63) is 46.5 Å². The van der Waals surface area contributed by atoms with Gasteiger partial charge in [0, 0.05) is 47.3 Å². The average Bonchev–Trinajstić information content (AvgIpc) is 3.35. The largest absolute Gasteiger partial charge is 0.497 e. The molecule has 2 heterocycles. The van der Waals surface area contributed by atoms with Crippen LogP contribution in [0, 0.1) is 6.92 Å². The molecular formula is C25H36BrIN6O5S2. The summed E-state index contributed by atoms with van der Waals surface area (Å²) >= 11 is 5.75. The maximum absolute atomic E-state index is 13.8. The van der Waals surface area contributed by atoms with Crippen LogP contribution in [0.25, 0.3) is 11.4 Å². The van der Waals surface area contributed by atoms with Crippen molar-refractivity contribution in [2.24, 2.45) is 0 Å². The summed E-state index contributed by atoms with van der Waals surface area (Å²) in [4.78, 5) is 8.70. The Bertz CT molecular complexity index is 1210. The van der Waals surface area contributed by atoms with Gasteiger partial charge in [-0.1, -0.05) is 24.9 Å². The number of aryl methyl sites for hydroxylation is 1. The first-order valence-corrected chi connectivity index (χ1v) is 17.9. The van der Waals surface area contributed by atoms with Crippen LogP contribution in [0.1, 0.15) is 38.2 Å². The van der Waals surface area contributed by atoms with Gasteiger partial charge in [-0.15, -0.1) is 10.2 Å². The number of benzene rings is 1. The van der Waals surface area contributed by atoms with E-state index in [2.05, 4.69) is 57.3 Å². The van der Waals surface area contributed by atoms with Crippen LogP contribution in [-0.2, 0) is 17.4 Å². The molecule has 3 rings (SSSR count). The molecule has 0 saturated heterocycles. The van der Waals surface area contributed by atoms with E-state index in [0.29, 0.717) is 47.6 Å². The van der Waals surface area contributed by atoms with Crippen LogP contribution in [-0.4, -0.2) is 88.2 Å². The highest BCUT2D eigenvalue weighted by atomic mass is 127. The zero-order valence-corrected chi connectivity index (χ0v) is 28.4. The van der Waals surface area contributed by atoms with Crippen molar-refractivity contribution in [3.8, 4) is 17.1 Å². The molecule has 0 aliphatic carbocycles. The van der Waals surface area contributed by atoms with E-state index in [9.17, 15) is 14.4 Å². The Morgan fingerprint density at radius 3 is 2.35 bits per heavy atom. The van der Waals surface area contributed by atoms with Crippen LogP contribution >= 0.6 is 46.1 Å². The molecule has 3 N–H and O–H groups in total. The summed E-state index contributed by atoms with van der Waals surface area (Å²) in [6, 6.07) is 4.68. The number of aliphatic hydroxyl groups excluding tert-OH is 3. The molecule has 0 fully saturated rings. The maximum Gasteiger partial charge on any atom is 0.239 e. The molecule has 3 aromatic rings. The van der Waals surface area contributed by atoms with Crippen LogP contribution in [0.15, 0.2) is 35.1 Å². The predicted molar refractivity (Wildman–Crippen MR) is 172 cm³/mol. The number of ether oxygens (including phenoxy) is 1. The van der Waals surface area contributed by atoms with Crippen molar-refractivity contribution in [2.45, 2.75) is 51.5 Å². The Balaban J connectivity index is 0.00000131. The number of methoxy groups -OCH3 is 1. The minimum absolute atomic E-state index is 0.167. The number of aromatic nitrogens is 5. The third-order valence-corrected chi connectivity index (χ3v) is 9.32. The fraction of sp³-hybridized carbons (Fsp3) is 0.520. The Labute approximate surface area is 262 Å². The maximum atomic E-state index is 13.8. The molecule has 2 atom stereocenters. The summed E-state index contributed by atoms with van der Waals surface area (Å²) in [7, 11) is 1.62. The molecular weight excluding hydrogens is 735 g/mol. The van der Waals surface area contributed by atoms with Gasteiger partial charge in [-0.05, 0) is 72.7 Å². The van der Waals surface area contributed by atoms with Gasteiger partial charge in [-0.3, -0.25) is 8.87 Å². The summed E-state index contributed by atoms with van der Waals surface area (Å²) in [5.74, 6) is 2.60. The normalized spacial score (nSPS) is 12.7. The van der Waals surface area contributed by atoms with Crippen LogP contribution in [0.4, 0.5) is 5.95 Å². The molecule has 0 amide bonds. The fourth-order valence-electron chi connectivity index (χ4n) is 3.46. The van der Waals surface area contributed by atoms with Crippen LogP contribution in [0.5, 0.6) is 5.75 Å².